The van der Waals surface area contributed by atoms with Crippen LogP contribution >= 0.6 is 0 Å². The first-order valence-electron chi connectivity index (χ1n) is 3.85. The molecule has 1 aromatic carbocycles. The second kappa shape index (κ2) is 4.44. The molecule has 0 amide bonds. The van der Waals surface area contributed by atoms with E-state index in [9.17, 15) is 0 Å². The first kappa shape index (κ1) is 9.50. The number of benzene rings is 1. The highest BCUT2D eigenvalue weighted by Gasteiger charge is 2.00. The minimum atomic E-state index is 0.440. The third-order valence-electron chi connectivity index (χ3n) is 1.70. The third-order valence-corrected chi connectivity index (χ3v) is 1.70. The van der Waals surface area contributed by atoms with Crippen LogP contribution in [0.2, 0.25) is 0 Å². The standard InChI is InChI=1S/C8H13N5/c9-5-6-2-1-3-7(4-6)8(12-10)13-11/h1-4H,5,9-11H2,(H,12,13). The van der Waals surface area contributed by atoms with Crippen LogP contribution in [-0.2, 0) is 6.54 Å². The molecule has 0 saturated carbocycles. The van der Waals surface area contributed by atoms with Gasteiger partial charge in [-0.15, -0.1) is 0 Å². The number of nitrogens with two attached hydrogens (primary N) is 3. The van der Waals surface area contributed by atoms with Gasteiger partial charge in [-0.25, -0.2) is 5.84 Å². The molecule has 0 heterocycles. The molecule has 5 nitrogen and oxygen atoms in total. The quantitative estimate of drug-likeness (QED) is 0.207. The maximum atomic E-state index is 5.48. The average Bonchev–Trinajstić information content (AvgIpc) is 2.20. The summed E-state index contributed by atoms with van der Waals surface area (Å²) in [7, 11) is 0. The van der Waals surface area contributed by atoms with Gasteiger partial charge in [0.15, 0.2) is 5.84 Å². The molecule has 70 valence electrons. The minimum absolute atomic E-state index is 0.440. The van der Waals surface area contributed by atoms with Gasteiger partial charge in [0.2, 0.25) is 0 Å². The molecule has 0 aliphatic rings. The van der Waals surface area contributed by atoms with Gasteiger partial charge in [-0.1, -0.05) is 18.2 Å². The summed E-state index contributed by atoms with van der Waals surface area (Å²) in [4.78, 5) is 0. The normalized spacial score (nSPS) is 11.4. The number of amidine groups is 1. The van der Waals surface area contributed by atoms with Crippen LogP contribution < -0.4 is 22.8 Å². The van der Waals surface area contributed by atoms with Crippen molar-refractivity contribution >= 4 is 5.84 Å². The van der Waals surface area contributed by atoms with Gasteiger partial charge in [0.05, 0.1) is 0 Å². The van der Waals surface area contributed by atoms with Gasteiger partial charge in [0.1, 0.15) is 0 Å². The molecule has 0 atom stereocenters. The van der Waals surface area contributed by atoms with Crippen LogP contribution in [0.1, 0.15) is 11.1 Å². The van der Waals surface area contributed by atoms with Crippen molar-refractivity contribution < 1.29 is 0 Å². The van der Waals surface area contributed by atoms with E-state index < -0.39 is 0 Å². The van der Waals surface area contributed by atoms with E-state index in [0.29, 0.717) is 12.4 Å². The van der Waals surface area contributed by atoms with E-state index in [0.717, 1.165) is 11.1 Å². The second-order valence-electron chi connectivity index (χ2n) is 2.53. The zero-order valence-electron chi connectivity index (χ0n) is 7.20. The van der Waals surface area contributed by atoms with Gasteiger partial charge >= 0.3 is 0 Å². The summed E-state index contributed by atoms with van der Waals surface area (Å²) >= 11 is 0. The number of hydrogen-bond acceptors (Lipinski definition) is 4. The Kier molecular flexibility index (Phi) is 3.24. The van der Waals surface area contributed by atoms with Crippen molar-refractivity contribution in [2.24, 2.45) is 22.5 Å². The zero-order valence-corrected chi connectivity index (χ0v) is 7.20. The molecule has 0 fully saturated rings. The number of nitrogens with one attached hydrogen (secondary N) is 1. The average molecular weight is 179 g/mol. The predicted octanol–water partition coefficient (Wildman–Crippen LogP) is -0.771. The summed E-state index contributed by atoms with van der Waals surface area (Å²) in [6.45, 7) is 0.482. The van der Waals surface area contributed by atoms with Gasteiger partial charge in [-0.2, -0.15) is 5.10 Å². The van der Waals surface area contributed by atoms with E-state index in [4.69, 9.17) is 17.4 Å². The Morgan fingerprint density at radius 3 is 2.77 bits per heavy atom. The summed E-state index contributed by atoms with van der Waals surface area (Å²) in [5.41, 5.74) is 9.72. The fourth-order valence-corrected chi connectivity index (χ4v) is 1.04. The molecule has 1 aromatic rings. The van der Waals surface area contributed by atoms with E-state index in [1.165, 1.54) is 0 Å². The highest BCUT2D eigenvalue weighted by molar-refractivity contribution is 5.98. The number of hydrazine groups is 1. The molecule has 0 aromatic heterocycles. The number of hydrazone groups is 1. The lowest BCUT2D eigenvalue weighted by molar-refractivity contribution is 1.000. The molecule has 0 spiro atoms. The Morgan fingerprint density at radius 2 is 2.23 bits per heavy atom. The van der Waals surface area contributed by atoms with E-state index in [-0.39, 0.29) is 0 Å². The van der Waals surface area contributed by atoms with Crippen molar-refractivity contribution in [2.75, 3.05) is 0 Å². The van der Waals surface area contributed by atoms with Crippen molar-refractivity contribution in [3.63, 3.8) is 0 Å². The smallest absolute Gasteiger partial charge is 0.166 e. The van der Waals surface area contributed by atoms with Gasteiger partial charge in [0, 0.05) is 12.1 Å². The maximum Gasteiger partial charge on any atom is 0.166 e. The van der Waals surface area contributed by atoms with Crippen molar-refractivity contribution in [1.82, 2.24) is 5.43 Å². The van der Waals surface area contributed by atoms with Crippen LogP contribution in [0.15, 0.2) is 29.4 Å². The molecule has 1 rings (SSSR count). The Bertz CT molecular complexity index is 307. The van der Waals surface area contributed by atoms with Gasteiger partial charge < -0.3 is 17.0 Å². The first-order valence-corrected chi connectivity index (χ1v) is 3.85. The monoisotopic (exact) mass is 179 g/mol. The van der Waals surface area contributed by atoms with E-state index in [1.807, 2.05) is 24.3 Å². The number of nitrogens with zero attached hydrogens (tertiary/aromatic N) is 1. The fraction of sp³-hybridized carbons (Fsp3) is 0.125. The highest BCUT2D eigenvalue weighted by Crippen LogP contribution is 2.04. The number of rotatable bonds is 2. The molecule has 0 radical (unpaired) electrons. The molecule has 0 aliphatic heterocycles. The van der Waals surface area contributed by atoms with E-state index in [2.05, 4.69) is 10.5 Å². The Balaban J connectivity index is 3.00. The zero-order chi connectivity index (χ0) is 9.68. The van der Waals surface area contributed by atoms with Crippen LogP contribution in [0.25, 0.3) is 0 Å². The molecule has 0 bridgehead atoms. The summed E-state index contributed by atoms with van der Waals surface area (Å²) in [6.07, 6.45) is 0. The molecular formula is C8H13N5. The molecule has 0 unspecified atom stereocenters. The molecule has 13 heavy (non-hydrogen) atoms. The second-order valence-corrected chi connectivity index (χ2v) is 2.53. The Hall–Kier alpha value is -1.59. The number of hydrogen-bond donors (Lipinski definition) is 4. The molecular weight excluding hydrogens is 166 g/mol. The summed E-state index contributed by atoms with van der Waals surface area (Å²) in [5.74, 6) is 10.8. The summed E-state index contributed by atoms with van der Waals surface area (Å²) in [5, 5.41) is 3.49. The van der Waals surface area contributed by atoms with Crippen molar-refractivity contribution in [2.45, 2.75) is 6.54 Å². The SMILES string of the molecule is NCc1cccc(/C(=N/N)NN)c1. The largest absolute Gasteiger partial charge is 0.326 e. The maximum absolute atomic E-state index is 5.48. The van der Waals surface area contributed by atoms with E-state index in [1.54, 1.807) is 0 Å². The predicted molar refractivity (Wildman–Crippen MR) is 52.4 cm³/mol. The lowest BCUT2D eigenvalue weighted by atomic mass is 10.1. The summed E-state index contributed by atoms with van der Waals surface area (Å²) < 4.78 is 0. The first-order chi connectivity index (χ1) is 6.31. The topological polar surface area (TPSA) is 102 Å². The minimum Gasteiger partial charge on any atom is -0.326 e. The molecule has 5 heteroatoms. The Morgan fingerprint density at radius 1 is 1.46 bits per heavy atom. The van der Waals surface area contributed by atoms with Crippen LogP contribution in [0.4, 0.5) is 0 Å². The van der Waals surface area contributed by atoms with Crippen molar-refractivity contribution in [1.29, 1.82) is 0 Å². The van der Waals surface area contributed by atoms with Crippen molar-refractivity contribution in [3.8, 4) is 0 Å². The highest BCUT2D eigenvalue weighted by atomic mass is 15.3. The van der Waals surface area contributed by atoms with E-state index >= 15 is 0 Å². The van der Waals surface area contributed by atoms with Crippen LogP contribution in [-0.4, -0.2) is 5.84 Å². The van der Waals surface area contributed by atoms with Crippen LogP contribution in [0.3, 0.4) is 0 Å². The Labute approximate surface area is 76.6 Å². The van der Waals surface area contributed by atoms with Gasteiger partial charge in [0.25, 0.3) is 0 Å². The lowest BCUT2D eigenvalue weighted by Gasteiger charge is -2.05. The van der Waals surface area contributed by atoms with Crippen LogP contribution in [0.5, 0.6) is 0 Å². The molecule has 7 N–H and O–H groups in total. The van der Waals surface area contributed by atoms with Crippen molar-refractivity contribution in [3.05, 3.63) is 35.4 Å². The van der Waals surface area contributed by atoms with Gasteiger partial charge in [-0.05, 0) is 11.6 Å². The van der Waals surface area contributed by atoms with Gasteiger partial charge in [-0.3, -0.25) is 0 Å². The molecule has 0 saturated heterocycles. The molecule has 0 aliphatic carbocycles. The fourth-order valence-electron chi connectivity index (χ4n) is 1.04. The summed E-state index contributed by atoms with van der Waals surface area (Å²) in [6, 6.07) is 7.53. The van der Waals surface area contributed by atoms with Crippen LogP contribution in [0, 0.1) is 0 Å². The lowest BCUT2D eigenvalue weighted by Crippen LogP contribution is -2.32. The third kappa shape index (κ3) is 2.17.